The molecule has 2 unspecified atom stereocenters. The van der Waals surface area contributed by atoms with Crippen LogP contribution >= 0.6 is 0 Å². The van der Waals surface area contributed by atoms with E-state index >= 15 is 0 Å². The van der Waals surface area contributed by atoms with Crippen LogP contribution in [0.5, 0.6) is 0 Å². The number of pyridine rings is 1. The van der Waals surface area contributed by atoms with Crippen molar-refractivity contribution in [2.75, 3.05) is 13.1 Å². The Kier molecular flexibility index (Phi) is 7.54. The maximum Gasteiger partial charge on any atom is 0.253 e. The van der Waals surface area contributed by atoms with Crippen LogP contribution in [0.15, 0.2) is 73.1 Å². The molecule has 2 aromatic carbocycles. The number of likely N-dealkylation sites (tertiary alicyclic amines) is 1. The van der Waals surface area contributed by atoms with Gasteiger partial charge in [0.2, 0.25) is 0 Å². The first kappa shape index (κ1) is 23.4. The van der Waals surface area contributed by atoms with Gasteiger partial charge in [-0.3, -0.25) is 9.78 Å². The number of ketones is 1. The summed E-state index contributed by atoms with van der Waals surface area (Å²) < 4.78 is 0. The Bertz CT molecular complexity index is 1210. The molecule has 0 saturated carbocycles. The third-order valence-corrected chi connectivity index (χ3v) is 6.29. The van der Waals surface area contributed by atoms with E-state index in [9.17, 15) is 9.59 Å². The fourth-order valence-corrected chi connectivity index (χ4v) is 4.60. The van der Waals surface area contributed by atoms with Gasteiger partial charge in [0.15, 0.2) is 0 Å². The summed E-state index contributed by atoms with van der Waals surface area (Å²) in [6.45, 7) is 5.24. The summed E-state index contributed by atoms with van der Waals surface area (Å²) in [6, 6.07) is 19.8. The second-order valence-corrected chi connectivity index (χ2v) is 9.26. The molecule has 0 bridgehead atoms. The topological polar surface area (TPSA) is 50.3 Å². The average molecular weight is 451 g/mol. The first-order valence-electron chi connectivity index (χ1n) is 11.9. The number of benzene rings is 2. The van der Waals surface area contributed by atoms with Crippen LogP contribution in [0.1, 0.15) is 65.2 Å². The van der Waals surface area contributed by atoms with E-state index in [2.05, 4.69) is 35.9 Å². The summed E-state index contributed by atoms with van der Waals surface area (Å²) in [7, 11) is 0. The minimum absolute atomic E-state index is 0.0595. The van der Waals surface area contributed by atoms with Crippen LogP contribution in [0.4, 0.5) is 0 Å². The Morgan fingerprint density at radius 2 is 1.76 bits per heavy atom. The number of hydrogen-bond donors (Lipinski definition) is 0. The summed E-state index contributed by atoms with van der Waals surface area (Å²) in [5.41, 5.74) is 4.89. The highest BCUT2D eigenvalue weighted by Crippen LogP contribution is 2.27. The fraction of sp³-hybridized carbons (Fsp3) is 0.300. The van der Waals surface area contributed by atoms with Gasteiger partial charge in [0.05, 0.1) is 0 Å². The van der Waals surface area contributed by atoms with Crippen LogP contribution in [-0.4, -0.2) is 34.7 Å². The molecule has 0 radical (unpaired) electrons. The molecule has 1 fully saturated rings. The van der Waals surface area contributed by atoms with Crippen LogP contribution in [-0.2, 0) is 11.2 Å². The Morgan fingerprint density at radius 1 is 1.03 bits per heavy atom. The summed E-state index contributed by atoms with van der Waals surface area (Å²) >= 11 is 0. The van der Waals surface area contributed by atoms with Crippen LogP contribution in [0.25, 0.3) is 0 Å². The third kappa shape index (κ3) is 6.20. The highest BCUT2D eigenvalue weighted by Gasteiger charge is 2.27. The summed E-state index contributed by atoms with van der Waals surface area (Å²) in [4.78, 5) is 30.4. The van der Waals surface area contributed by atoms with Crippen molar-refractivity contribution < 1.29 is 9.59 Å². The van der Waals surface area contributed by atoms with Gasteiger partial charge in [-0.2, -0.15) is 0 Å². The minimum Gasteiger partial charge on any atom is -0.338 e. The second-order valence-electron chi connectivity index (χ2n) is 9.26. The summed E-state index contributed by atoms with van der Waals surface area (Å²) in [6.07, 6.45) is 6.09. The first-order valence-corrected chi connectivity index (χ1v) is 11.9. The number of hydrogen-bond acceptors (Lipinski definition) is 3. The van der Waals surface area contributed by atoms with Gasteiger partial charge >= 0.3 is 0 Å². The van der Waals surface area contributed by atoms with Crippen LogP contribution < -0.4 is 0 Å². The molecule has 0 N–H and O–H groups in total. The van der Waals surface area contributed by atoms with Crippen molar-refractivity contribution >= 4 is 11.7 Å². The van der Waals surface area contributed by atoms with Crippen LogP contribution in [0, 0.1) is 17.8 Å². The molecule has 0 spiro atoms. The van der Waals surface area contributed by atoms with Crippen molar-refractivity contribution in [1.29, 1.82) is 0 Å². The van der Waals surface area contributed by atoms with E-state index in [-0.39, 0.29) is 11.7 Å². The maximum atomic E-state index is 13.1. The highest BCUT2D eigenvalue weighted by molar-refractivity contribution is 5.94. The molecule has 1 aromatic heterocycles. The lowest BCUT2D eigenvalue weighted by molar-refractivity contribution is -0.117. The Morgan fingerprint density at radius 3 is 2.50 bits per heavy atom. The molecule has 172 valence electrons. The molecule has 4 rings (SSSR count). The standard InChI is InChI=1S/C30H30N2O2/c1-22(18-23(2)33)19-26-10-7-24(8-11-26)6-9-25-4-3-5-28(20-25)30(34)32-17-14-29(21-32)27-12-15-31-16-13-27/h3-5,7-8,10-13,15-16,20,22,29H,14,17-19,21H2,1-2H3. The van der Waals surface area contributed by atoms with Gasteiger partial charge in [-0.05, 0) is 79.3 Å². The second kappa shape index (κ2) is 10.9. The van der Waals surface area contributed by atoms with Gasteiger partial charge in [-0.1, -0.05) is 37.0 Å². The summed E-state index contributed by atoms with van der Waals surface area (Å²) in [5.74, 6) is 7.39. The molecular weight excluding hydrogens is 420 g/mol. The largest absolute Gasteiger partial charge is 0.338 e. The average Bonchev–Trinajstić information content (AvgIpc) is 3.34. The zero-order valence-corrected chi connectivity index (χ0v) is 19.8. The third-order valence-electron chi connectivity index (χ3n) is 6.29. The van der Waals surface area contributed by atoms with Gasteiger partial charge in [0, 0.05) is 54.5 Å². The molecule has 4 nitrogen and oxygen atoms in total. The van der Waals surface area contributed by atoms with Gasteiger partial charge in [-0.15, -0.1) is 0 Å². The molecular formula is C30H30N2O2. The lowest BCUT2D eigenvalue weighted by Gasteiger charge is -2.17. The van der Waals surface area contributed by atoms with Crippen molar-refractivity contribution in [1.82, 2.24) is 9.88 Å². The number of carbonyl (C=O) groups is 2. The van der Waals surface area contributed by atoms with E-state index in [0.29, 0.717) is 23.8 Å². The van der Waals surface area contributed by atoms with Gasteiger partial charge in [-0.25, -0.2) is 0 Å². The number of aromatic nitrogens is 1. The Hall–Kier alpha value is -3.71. The van der Waals surface area contributed by atoms with Crippen molar-refractivity contribution in [3.05, 3.63) is 101 Å². The molecule has 1 saturated heterocycles. The van der Waals surface area contributed by atoms with E-state index in [1.807, 2.05) is 65.8 Å². The SMILES string of the molecule is CC(=O)CC(C)Cc1ccc(C#Cc2cccc(C(=O)N3CCC(c4ccncc4)C3)c2)cc1. The van der Waals surface area contributed by atoms with Crippen LogP contribution in [0.3, 0.4) is 0 Å². The molecule has 4 heteroatoms. The van der Waals surface area contributed by atoms with E-state index < -0.39 is 0 Å². The van der Waals surface area contributed by atoms with Crippen molar-refractivity contribution in [2.24, 2.45) is 5.92 Å². The Labute approximate surface area is 202 Å². The predicted octanol–water partition coefficient (Wildman–Crippen LogP) is 5.27. The number of carbonyl (C=O) groups excluding carboxylic acids is 2. The van der Waals surface area contributed by atoms with E-state index in [1.54, 1.807) is 6.92 Å². The Balaban J connectivity index is 1.39. The number of nitrogens with zero attached hydrogens (tertiary/aromatic N) is 2. The van der Waals surface area contributed by atoms with Crippen molar-refractivity contribution in [3.63, 3.8) is 0 Å². The predicted molar refractivity (Wildman–Crippen MR) is 135 cm³/mol. The number of rotatable bonds is 6. The molecule has 2 atom stereocenters. The minimum atomic E-state index is 0.0595. The molecule has 0 aliphatic carbocycles. The highest BCUT2D eigenvalue weighted by atomic mass is 16.2. The molecule has 34 heavy (non-hydrogen) atoms. The normalized spacial score (nSPS) is 15.9. The van der Waals surface area contributed by atoms with Gasteiger partial charge < -0.3 is 9.69 Å². The first-order chi connectivity index (χ1) is 16.5. The van der Waals surface area contributed by atoms with E-state index in [4.69, 9.17) is 0 Å². The molecule has 1 aliphatic rings. The number of amides is 1. The monoisotopic (exact) mass is 450 g/mol. The maximum absolute atomic E-state index is 13.1. The fourth-order valence-electron chi connectivity index (χ4n) is 4.60. The molecule has 2 heterocycles. The quantitative estimate of drug-likeness (QED) is 0.481. The van der Waals surface area contributed by atoms with E-state index in [1.165, 1.54) is 11.1 Å². The number of Topliss-reactive ketones (excluding diaryl/α,β-unsaturated/α-hetero) is 1. The van der Waals surface area contributed by atoms with Gasteiger partial charge in [0.25, 0.3) is 5.91 Å². The summed E-state index contributed by atoms with van der Waals surface area (Å²) in [5, 5.41) is 0. The van der Waals surface area contributed by atoms with E-state index in [0.717, 1.165) is 37.1 Å². The zero-order valence-electron chi connectivity index (χ0n) is 19.8. The zero-order chi connectivity index (χ0) is 23.9. The molecule has 3 aromatic rings. The van der Waals surface area contributed by atoms with Crippen molar-refractivity contribution in [2.45, 2.75) is 39.0 Å². The molecule has 1 amide bonds. The lowest BCUT2D eigenvalue weighted by Crippen LogP contribution is -2.28. The van der Waals surface area contributed by atoms with Crippen molar-refractivity contribution in [3.8, 4) is 11.8 Å². The smallest absolute Gasteiger partial charge is 0.253 e. The van der Waals surface area contributed by atoms with Crippen LogP contribution in [0.2, 0.25) is 0 Å². The van der Waals surface area contributed by atoms with Gasteiger partial charge in [0.1, 0.15) is 5.78 Å². The molecule has 1 aliphatic heterocycles. The lowest BCUT2D eigenvalue weighted by atomic mass is 9.96.